The number of hydrogen-bond acceptors (Lipinski definition) is 2. The van der Waals surface area contributed by atoms with Crippen LogP contribution in [-0.4, -0.2) is 12.4 Å². The van der Waals surface area contributed by atoms with Crippen molar-refractivity contribution in [3.05, 3.63) is 63.5 Å². The van der Waals surface area contributed by atoms with Crippen molar-refractivity contribution >= 4 is 28.4 Å². The highest BCUT2D eigenvalue weighted by Crippen LogP contribution is 2.14. The molecular formula is C15H12FIO2. The molecule has 0 unspecified atom stereocenters. The molecule has 0 amide bonds. The van der Waals surface area contributed by atoms with Crippen LogP contribution >= 0.6 is 22.6 Å². The number of hydrogen-bond donors (Lipinski definition) is 0. The molecule has 0 heterocycles. The van der Waals surface area contributed by atoms with Crippen LogP contribution in [0, 0.1) is 9.39 Å². The lowest BCUT2D eigenvalue weighted by Gasteiger charge is -2.06. The normalized spacial score (nSPS) is 10.2. The van der Waals surface area contributed by atoms with Crippen LogP contribution in [0.1, 0.15) is 5.56 Å². The van der Waals surface area contributed by atoms with Crippen molar-refractivity contribution in [1.82, 2.24) is 0 Å². The van der Waals surface area contributed by atoms with Gasteiger partial charge in [0.1, 0.15) is 18.2 Å². The van der Waals surface area contributed by atoms with E-state index in [1.807, 2.05) is 12.1 Å². The van der Waals surface area contributed by atoms with Gasteiger partial charge in [-0.05, 0) is 58.5 Å². The molecule has 0 radical (unpaired) electrons. The fraction of sp³-hybridized carbons (Fsp3) is 0.133. The van der Waals surface area contributed by atoms with Crippen molar-refractivity contribution in [3.8, 4) is 5.75 Å². The van der Waals surface area contributed by atoms with Crippen molar-refractivity contribution in [2.75, 3.05) is 6.61 Å². The SMILES string of the molecule is O=C(COc1ccc(I)cc1)Cc1ccccc1F. The Morgan fingerprint density at radius 1 is 1.11 bits per heavy atom. The number of carbonyl (C=O) groups is 1. The lowest BCUT2D eigenvalue weighted by atomic mass is 10.1. The van der Waals surface area contributed by atoms with Gasteiger partial charge in [-0.15, -0.1) is 0 Å². The Labute approximate surface area is 124 Å². The average Bonchev–Trinajstić information content (AvgIpc) is 2.41. The summed E-state index contributed by atoms with van der Waals surface area (Å²) in [6.07, 6.45) is 0.0526. The topological polar surface area (TPSA) is 26.3 Å². The third kappa shape index (κ3) is 4.31. The highest BCUT2D eigenvalue weighted by molar-refractivity contribution is 14.1. The first-order chi connectivity index (χ1) is 9.15. The summed E-state index contributed by atoms with van der Waals surface area (Å²) in [5.41, 5.74) is 0.402. The summed E-state index contributed by atoms with van der Waals surface area (Å²) >= 11 is 2.19. The third-order valence-corrected chi connectivity index (χ3v) is 3.28. The van der Waals surface area contributed by atoms with Crippen LogP contribution in [0.15, 0.2) is 48.5 Å². The minimum Gasteiger partial charge on any atom is -0.486 e. The summed E-state index contributed by atoms with van der Waals surface area (Å²) in [5.74, 6) is 0.135. The quantitative estimate of drug-likeness (QED) is 0.752. The van der Waals surface area contributed by atoms with Crippen LogP contribution in [0.5, 0.6) is 5.75 Å². The van der Waals surface area contributed by atoms with Crippen molar-refractivity contribution in [2.24, 2.45) is 0 Å². The lowest BCUT2D eigenvalue weighted by molar-refractivity contribution is -0.120. The zero-order valence-corrected chi connectivity index (χ0v) is 12.3. The molecule has 0 aliphatic carbocycles. The summed E-state index contributed by atoms with van der Waals surface area (Å²) in [7, 11) is 0. The van der Waals surface area contributed by atoms with Crippen LogP contribution in [0.3, 0.4) is 0 Å². The molecule has 98 valence electrons. The molecule has 0 bridgehead atoms. The molecule has 0 atom stereocenters. The number of ether oxygens (including phenoxy) is 1. The Kier molecular flexibility index (Phi) is 4.90. The molecule has 19 heavy (non-hydrogen) atoms. The van der Waals surface area contributed by atoms with Gasteiger partial charge in [0.2, 0.25) is 0 Å². The van der Waals surface area contributed by atoms with Gasteiger partial charge in [0, 0.05) is 9.99 Å². The summed E-state index contributed by atoms with van der Waals surface area (Å²) in [4.78, 5) is 11.7. The Balaban J connectivity index is 1.88. The second-order valence-corrected chi connectivity index (χ2v) is 5.30. The summed E-state index contributed by atoms with van der Waals surface area (Å²) in [6, 6.07) is 13.7. The molecular weight excluding hydrogens is 358 g/mol. The number of Topliss-reactive ketones (excluding diaryl/α,β-unsaturated/α-hetero) is 1. The third-order valence-electron chi connectivity index (χ3n) is 2.56. The van der Waals surface area contributed by atoms with Gasteiger partial charge >= 0.3 is 0 Å². The van der Waals surface area contributed by atoms with Crippen molar-refractivity contribution in [1.29, 1.82) is 0 Å². The maximum atomic E-state index is 13.4. The molecule has 2 aromatic carbocycles. The summed E-state index contributed by atoms with van der Waals surface area (Å²) in [5, 5.41) is 0. The molecule has 2 nitrogen and oxygen atoms in total. The van der Waals surface area contributed by atoms with Crippen LogP contribution < -0.4 is 4.74 Å². The van der Waals surface area contributed by atoms with Gasteiger partial charge in [0.05, 0.1) is 0 Å². The van der Waals surface area contributed by atoms with Gasteiger partial charge in [0.25, 0.3) is 0 Å². The maximum Gasteiger partial charge on any atom is 0.174 e. The van der Waals surface area contributed by atoms with E-state index in [-0.39, 0.29) is 24.6 Å². The fourth-order valence-electron chi connectivity index (χ4n) is 1.60. The molecule has 0 aliphatic heterocycles. The van der Waals surface area contributed by atoms with E-state index >= 15 is 0 Å². The first-order valence-electron chi connectivity index (χ1n) is 5.78. The fourth-order valence-corrected chi connectivity index (χ4v) is 1.96. The first kappa shape index (κ1) is 14.0. The zero-order valence-electron chi connectivity index (χ0n) is 10.1. The highest BCUT2D eigenvalue weighted by atomic mass is 127. The van der Waals surface area contributed by atoms with Crippen LogP contribution in [0.2, 0.25) is 0 Å². The van der Waals surface area contributed by atoms with E-state index in [0.717, 1.165) is 3.57 Å². The maximum absolute atomic E-state index is 13.4. The van der Waals surface area contributed by atoms with Gasteiger partial charge in [-0.2, -0.15) is 0 Å². The second-order valence-electron chi connectivity index (χ2n) is 4.05. The molecule has 0 N–H and O–H groups in total. The molecule has 0 saturated heterocycles. The highest BCUT2D eigenvalue weighted by Gasteiger charge is 2.08. The van der Waals surface area contributed by atoms with E-state index in [4.69, 9.17) is 4.74 Å². The smallest absolute Gasteiger partial charge is 0.174 e. The molecule has 0 aliphatic rings. The number of halogens is 2. The van der Waals surface area contributed by atoms with Crippen molar-refractivity contribution < 1.29 is 13.9 Å². The van der Waals surface area contributed by atoms with Gasteiger partial charge in [-0.3, -0.25) is 4.79 Å². The number of benzene rings is 2. The number of ketones is 1. The van der Waals surface area contributed by atoms with Gasteiger partial charge < -0.3 is 4.74 Å². The molecule has 4 heteroatoms. The van der Waals surface area contributed by atoms with E-state index in [0.29, 0.717) is 11.3 Å². The van der Waals surface area contributed by atoms with Gasteiger partial charge in [-0.25, -0.2) is 4.39 Å². The Morgan fingerprint density at radius 3 is 2.47 bits per heavy atom. The standard InChI is InChI=1S/C15H12FIO2/c16-15-4-2-1-3-11(15)9-13(18)10-19-14-7-5-12(17)6-8-14/h1-8H,9-10H2. The van der Waals surface area contributed by atoms with Crippen LogP contribution in [0.4, 0.5) is 4.39 Å². The van der Waals surface area contributed by atoms with Crippen LogP contribution in [0.25, 0.3) is 0 Å². The molecule has 0 saturated carbocycles. The van der Waals surface area contributed by atoms with Gasteiger partial charge in [-0.1, -0.05) is 18.2 Å². The molecule has 2 aromatic rings. The van der Waals surface area contributed by atoms with E-state index in [2.05, 4.69) is 22.6 Å². The Hall–Kier alpha value is -1.43. The first-order valence-corrected chi connectivity index (χ1v) is 6.86. The molecule has 0 spiro atoms. The second kappa shape index (κ2) is 6.65. The predicted octanol–water partition coefficient (Wildman–Crippen LogP) is 3.62. The Bertz CT molecular complexity index is 567. The molecule has 2 rings (SSSR count). The summed E-state index contributed by atoms with van der Waals surface area (Å²) in [6.45, 7) is -0.0467. The minimum absolute atomic E-state index is 0.0467. The van der Waals surface area contributed by atoms with Gasteiger partial charge in [0.15, 0.2) is 5.78 Å². The van der Waals surface area contributed by atoms with E-state index in [1.165, 1.54) is 6.07 Å². The minimum atomic E-state index is -0.356. The van der Waals surface area contributed by atoms with Crippen LogP contribution in [-0.2, 0) is 11.2 Å². The average molecular weight is 370 g/mol. The summed E-state index contributed by atoms with van der Waals surface area (Å²) < 4.78 is 19.8. The lowest BCUT2D eigenvalue weighted by Crippen LogP contribution is -2.14. The number of rotatable bonds is 5. The zero-order chi connectivity index (χ0) is 13.7. The van der Waals surface area contributed by atoms with E-state index in [1.54, 1.807) is 30.3 Å². The van der Waals surface area contributed by atoms with E-state index < -0.39 is 0 Å². The van der Waals surface area contributed by atoms with Crippen molar-refractivity contribution in [2.45, 2.75) is 6.42 Å². The molecule has 0 fully saturated rings. The monoisotopic (exact) mass is 370 g/mol. The predicted molar refractivity (Wildman–Crippen MR) is 79.8 cm³/mol. The molecule has 0 aromatic heterocycles. The van der Waals surface area contributed by atoms with E-state index in [9.17, 15) is 9.18 Å². The largest absolute Gasteiger partial charge is 0.486 e. The number of carbonyl (C=O) groups excluding carboxylic acids is 1. The Morgan fingerprint density at radius 2 is 1.79 bits per heavy atom. The van der Waals surface area contributed by atoms with Crippen molar-refractivity contribution in [3.63, 3.8) is 0 Å².